The SMILES string of the molecule is O=C(Nc1nc2ccc(N(CCN3CCOCC3)C(=O)Nc3ccc(Cl)cc3)cc2s1)c1ccc(F)cc1. The molecule has 1 aliphatic rings. The van der Waals surface area contributed by atoms with Gasteiger partial charge in [0, 0.05) is 48.1 Å². The molecule has 4 aromatic rings. The zero-order valence-corrected chi connectivity index (χ0v) is 21.9. The Hall–Kier alpha value is -3.57. The van der Waals surface area contributed by atoms with Crippen LogP contribution < -0.4 is 15.5 Å². The highest BCUT2D eigenvalue weighted by Crippen LogP contribution is 2.30. The maximum Gasteiger partial charge on any atom is 0.326 e. The predicted octanol–water partition coefficient (Wildman–Crippen LogP) is 5.71. The molecule has 0 bridgehead atoms. The van der Waals surface area contributed by atoms with E-state index in [-0.39, 0.29) is 11.9 Å². The molecule has 2 heterocycles. The molecule has 1 aromatic heterocycles. The molecular formula is C27H25ClFN5O3S. The van der Waals surface area contributed by atoms with Gasteiger partial charge in [0.1, 0.15) is 5.82 Å². The molecule has 11 heteroatoms. The third kappa shape index (κ3) is 6.46. The van der Waals surface area contributed by atoms with Gasteiger partial charge >= 0.3 is 6.03 Å². The van der Waals surface area contributed by atoms with Crippen LogP contribution in [0.15, 0.2) is 66.7 Å². The van der Waals surface area contributed by atoms with Crippen molar-refractivity contribution in [3.05, 3.63) is 83.1 Å². The van der Waals surface area contributed by atoms with E-state index in [4.69, 9.17) is 16.3 Å². The van der Waals surface area contributed by atoms with Crippen LogP contribution in [0.25, 0.3) is 10.2 Å². The van der Waals surface area contributed by atoms with E-state index in [2.05, 4.69) is 20.5 Å². The molecular weight excluding hydrogens is 529 g/mol. The number of carbonyl (C=O) groups excluding carboxylic acids is 2. The fraction of sp³-hybridized carbons (Fsp3) is 0.222. The third-order valence-electron chi connectivity index (χ3n) is 6.09. The first kappa shape index (κ1) is 26.1. The zero-order chi connectivity index (χ0) is 26.5. The van der Waals surface area contributed by atoms with Crippen molar-refractivity contribution in [2.45, 2.75) is 0 Å². The number of nitrogens with one attached hydrogen (secondary N) is 2. The lowest BCUT2D eigenvalue weighted by Gasteiger charge is -2.30. The highest BCUT2D eigenvalue weighted by atomic mass is 35.5. The number of fused-ring (bicyclic) bond motifs is 1. The van der Waals surface area contributed by atoms with Gasteiger partial charge in [0.2, 0.25) is 0 Å². The van der Waals surface area contributed by atoms with Crippen molar-refractivity contribution in [1.82, 2.24) is 9.88 Å². The van der Waals surface area contributed by atoms with Crippen LogP contribution >= 0.6 is 22.9 Å². The molecule has 5 rings (SSSR count). The van der Waals surface area contributed by atoms with E-state index >= 15 is 0 Å². The van der Waals surface area contributed by atoms with Crippen LogP contribution in [-0.4, -0.2) is 61.2 Å². The van der Waals surface area contributed by atoms with Crippen molar-refractivity contribution in [1.29, 1.82) is 0 Å². The molecule has 38 heavy (non-hydrogen) atoms. The van der Waals surface area contributed by atoms with Crippen LogP contribution in [0.4, 0.5) is 25.7 Å². The molecule has 0 radical (unpaired) electrons. The van der Waals surface area contributed by atoms with Crippen molar-refractivity contribution < 1.29 is 18.7 Å². The first-order valence-electron chi connectivity index (χ1n) is 12.1. The Morgan fingerprint density at radius 2 is 1.76 bits per heavy atom. The number of hydrogen-bond donors (Lipinski definition) is 2. The van der Waals surface area contributed by atoms with Gasteiger partial charge in [0.15, 0.2) is 5.13 Å². The van der Waals surface area contributed by atoms with Gasteiger partial charge in [-0.3, -0.25) is 19.9 Å². The van der Waals surface area contributed by atoms with Crippen molar-refractivity contribution >= 4 is 61.6 Å². The van der Waals surface area contributed by atoms with E-state index in [9.17, 15) is 14.0 Å². The van der Waals surface area contributed by atoms with Gasteiger partial charge in [-0.05, 0) is 66.7 Å². The fourth-order valence-electron chi connectivity index (χ4n) is 4.04. The monoisotopic (exact) mass is 553 g/mol. The second-order valence-electron chi connectivity index (χ2n) is 8.67. The van der Waals surface area contributed by atoms with Crippen molar-refractivity contribution in [2.75, 3.05) is 54.9 Å². The Bertz CT molecular complexity index is 1430. The second-order valence-corrected chi connectivity index (χ2v) is 10.1. The number of rotatable bonds is 7. The van der Waals surface area contributed by atoms with Crippen LogP contribution in [0.5, 0.6) is 0 Å². The van der Waals surface area contributed by atoms with E-state index in [0.29, 0.717) is 58.9 Å². The third-order valence-corrected chi connectivity index (χ3v) is 7.28. The van der Waals surface area contributed by atoms with Gasteiger partial charge in [0.05, 0.1) is 23.4 Å². The predicted molar refractivity (Wildman–Crippen MR) is 149 cm³/mol. The number of hydrogen-bond acceptors (Lipinski definition) is 6. The number of anilines is 3. The number of nitrogens with zero attached hydrogens (tertiary/aromatic N) is 3. The van der Waals surface area contributed by atoms with Gasteiger partial charge in [-0.15, -0.1) is 0 Å². The maximum atomic E-state index is 13.4. The van der Waals surface area contributed by atoms with E-state index in [0.717, 1.165) is 17.8 Å². The average Bonchev–Trinajstić information content (AvgIpc) is 3.32. The molecule has 1 fully saturated rings. The molecule has 0 saturated carbocycles. The van der Waals surface area contributed by atoms with E-state index in [1.807, 2.05) is 18.2 Å². The molecule has 1 aliphatic heterocycles. The molecule has 2 N–H and O–H groups in total. The number of benzene rings is 3. The summed E-state index contributed by atoms with van der Waals surface area (Å²) in [7, 11) is 0. The summed E-state index contributed by atoms with van der Waals surface area (Å²) in [4.78, 5) is 34.4. The van der Waals surface area contributed by atoms with Crippen LogP contribution in [0.3, 0.4) is 0 Å². The van der Waals surface area contributed by atoms with E-state index < -0.39 is 5.82 Å². The summed E-state index contributed by atoms with van der Waals surface area (Å²) in [6.07, 6.45) is 0. The van der Waals surface area contributed by atoms with Crippen molar-refractivity contribution in [3.8, 4) is 0 Å². The topological polar surface area (TPSA) is 86.8 Å². The summed E-state index contributed by atoms with van der Waals surface area (Å²) in [5, 5.41) is 6.72. The van der Waals surface area contributed by atoms with Crippen LogP contribution in [0, 0.1) is 5.82 Å². The normalized spacial score (nSPS) is 13.8. The zero-order valence-electron chi connectivity index (χ0n) is 20.3. The molecule has 0 atom stereocenters. The highest BCUT2D eigenvalue weighted by molar-refractivity contribution is 7.22. The first-order valence-corrected chi connectivity index (χ1v) is 13.3. The van der Waals surface area contributed by atoms with Gasteiger partial charge in [-0.25, -0.2) is 14.2 Å². The van der Waals surface area contributed by atoms with E-state index in [1.165, 1.54) is 35.6 Å². The number of urea groups is 1. The number of ether oxygens (including phenoxy) is 1. The lowest BCUT2D eigenvalue weighted by molar-refractivity contribution is 0.0393. The Kier molecular flexibility index (Phi) is 8.14. The summed E-state index contributed by atoms with van der Waals surface area (Å²) in [6, 6.07) is 17.5. The van der Waals surface area contributed by atoms with Crippen molar-refractivity contribution in [3.63, 3.8) is 0 Å². The number of aromatic nitrogens is 1. The van der Waals surface area contributed by atoms with Crippen LogP contribution in [0.2, 0.25) is 5.02 Å². The smallest absolute Gasteiger partial charge is 0.326 e. The van der Waals surface area contributed by atoms with Crippen LogP contribution in [0.1, 0.15) is 10.4 Å². The minimum Gasteiger partial charge on any atom is -0.379 e. The Balaban J connectivity index is 1.36. The molecule has 0 unspecified atom stereocenters. The van der Waals surface area contributed by atoms with Crippen molar-refractivity contribution in [2.24, 2.45) is 0 Å². The average molecular weight is 554 g/mol. The number of halogens is 2. The number of amides is 3. The highest BCUT2D eigenvalue weighted by Gasteiger charge is 2.20. The maximum absolute atomic E-state index is 13.4. The van der Waals surface area contributed by atoms with Gasteiger partial charge < -0.3 is 10.1 Å². The Morgan fingerprint density at radius 3 is 2.50 bits per heavy atom. The lowest BCUT2D eigenvalue weighted by Crippen LogP contribution is -2.44. The number of morpholine rings is 1. The molecule has 3 amide bonds. The van der Waals surface area contributed by atoms with Gasteiger partial charge in [-0.2, -0.15) is 0 Å². The number of thiazole rings is 1. The van der Waals surface area contributed by atoms with Gasteiger partial charge in [0.25, 0.3) is 5.91 Å². The molecule has 0 aliphatic carbocycles. The Labute approximate surface area is 228 Å². The molecule has 8 nitrogen and oxygen atoms in total. The second kappa shape index (κ2) is 11.9. The van der Waals surface area contributed by atoms with Crippen LogP contribution in [-0.2, 0) is 4.74 Å². The molecule has 1 saturated heterocycles. The lowest BCUT2D eigenvalue weighted by atomic mass is 10.2. The Morgan fingerprint density at radius 1 is 1.03 bits per heavy atom. The van der Waals surface area contributed by atoms with Gasteiger partial charge in [-0.1, -0.05) is 22.9 Å². The first-order chi connectivity index (χ1) is 18.4. The molecule has 0 spiro atoms. The standard InChI is InChI=1S/C27H25ClFN5O3S/c28-19-3-7-21(8-4-19)30-27(36)34(12-11-33-13-15-37-16-14-33)22-9-10-23-24(17-22)38-26(31-23)32-25(35)18-1-5-20(29)6-2-18/h1-10,17H,11-16H2,(H,30,36)(H,31,32,35). The fourth-order valence-corrected chi connectivity index (χ4v) is 5.06. The minimum atomic E-state index is -0.410. The quantitative estimate of drug-likeness (QED) is 0.306. The summed E-state index contributed by atoms with van der Waals surface area (Å²) in [6.45, 7) is 4.15. The largest absolute Gasteiger partial charge is 0.379 e. The summed E-state index contributed by atoms with van der Waals surface area (Å²) in [5.41, 5.74) is 2.37. The minimum absolute atomic E-state index is 0.269. The summed E-state index contributed by atoms with van der Waals surface area (Å²) >= 11 is 7.29. The molecule has 196 valence electrons. The number of carbonyl (C=O) groups is 2. The summed E-state index contributed by atoms with van der Waals surface area (Å²) in [5.74, 6) is -0.786. The van der Waals surface area contributed by atoms with E-state index in [1.54, 1.807) is 29.2 Å². The molecule has 3 aromatic carbocycles. The summed E-state index contributed by atoms with van der Waals surface area (Å²) < 4.78 is 19.4.